The fourth-order valence-electron chi connectivity index (χ4n) is 2.54. The molecule has 5 heteroatoms. The van der Waals surface area contributed by atoms with Crippen molar-refractivity contribution in [2.45, 2.75) is 46.2 Å². The predicted molar refractivity (Wildman–Crippen MR) is 86.8 cm³/mol. The van der Waals surface area contributed by atoms with Gasteiger partial charge in [0.25, 0.3) is 5.56 Å². The first kappa shape index (κ1) is 16.0. The molecule has 2 N–H and O–H groups in total. The van der Waals surface area contributed by atoms with E-state index in [1.165, 1.54) is 12.8 Å². The fourth-order valence-corrected chi connectivity index (χ4v) is 2.71. The van der Waals surface area contributed by atoms with Crippen LogP contribution in [0.1, 0.15) is 45.5 Å². The zero-order chi connectivity index (χ0) is 15.4. The number of nitrogens with two attached hydrogens (primary N) is 1. The van der Waals surface area contributed by atoms with E-state index in [0.717, 1.165) is 12.4 Å². The maximum Gasteiger partial charge on any atom is 0.261 e. The van der Waals surface area contributed by atoms with E-state index >= 15 is 0 Å². The van der Waals surface area contributed by atoms with Crippen molar-refractivity contribution in [3.63, 3.8) is 0 Å². The van der Waals surface area contributed by atoms with Crippen LogP contribution in [0.15, 0.2) is 23.0 Å². The van der Waals surface area contributed by atoms with Crippen molar-refractivity contribution in [1.29, 1.82) is 0 Å². The highest BCUT2D eigenvalue weighted by Gasteiger charge is 2.17. The summed E-state index contributed by atoms with van der Waals surface area (Å²) in [6.45, 7) is 7.93. The van der Waals surface area contributed by atoms with E-state index in [1.54, 1.807) is 22.8 Å². The molecule has 21 heavy (non-hydrogen) atoms. The number of aromatic nitrogens is 2. The first-order chi connectivity index (χ1) is 10.1. The molecule has 0 unspecified atom stereocenters. The molecule has 0 fully saturated rings. The summed E-state index contributed by atoms with van der Waals surface area (Å²) >= 11 is 6.02. The van der Waals surface area contributed by atoms with Crippen LogP contribution in [0, 0.1) is 0 Å². The molecular weight excluding hydrogens is 286 g/mol. The van der Waals surface area contributed by atoms with Gasteiger partial charge in [0.1, 0.15) is 6.04 Å². The van der Waals surface area contributed by atoms with Gasteiger partial charge < -0.3 is 5.32 Å². The molecule has 0 aliphatic heterocycles. The van der Waals surface area contributed by atoms with E-state index in [1.807, 2.05) is 6.92 Å². The van der Waals surface area contributed by atoms with Gasteiger partial charge in [-0.05, 0) is 38.5 Å². The van der Waals surface area contributed by atoms with E-state index < -0.39 is 0 Å². The lowest BCUT2D eigenvalue weighted by Crippen LogP contribution is -2.85. The van der Waals surface area contributed by atoms with Gasteiger partial charge >= 0.3 is 0 Å². The highest BCUT2D eigenvalue weighted by molar-refractivity contribution is 6.31. The summed E-state index contributed by atoms with van der Waals surface area (Å²) < 4.78 is 1.77. The molecule has 0 spiro atoms. The number of hydrogen-bond acceptors (Lipinski definition) is 2. The monoisotopic (exact) mass is 308 g/mol. The van der Waals surface area contributed by atoms with Crippen LogP contribution in [0.3, 0.4) is 0 Å². The number of fused-ring (bicyclic) bond motifs is 1. The number of rotatable bonds is 6. The smallest absolute Gasteiger partial charge is 0.261 e. The molecule has 0 saturated carbocycles. The molecule has 0 saturated heterocycles. The molecular formula is C16H23ClN3O+. The van der Waals surface area contributed by atoms with Gasteiger partial charge in [0.2, 0.25) is 0 Å². The van der Waals surface area contributed by atoms with Crippen molar-refractivity contribution >= 4 is 22.5 Å². The van der Waals surface area contributed by atoms with Gasteiger partial charge in [0.15, 0.2) is 5.82 Å². The zero-order valence-electron chi connectivity index (χ0n) is 12.9. The second-order valence-electron chi connectivity index (χ2n) is 5.35. The number of unbranched alkanes of at least 4 members (excludes halogenated alkanes) is 1. The Morgan fingerprint density at radius 3 is 2.81 bits per heavy atom. The molecule has 0 aliphatic rings. The highest BCUT2D eigenvalue weighted by Crippen LogP contribution is 2.16. The number of halogens is 1. The van der Waals surface area contributed by atoms with E-state index in [9.17, 15) is 4.79 Å². The SMILES string of the molecule is CCCC[NH2+][C@H](C)c1nc2cc(Cl)ccc2c(=O)n1CC. The molecule has 1 atom stereocenters. The quantitative estimate of drug-likeness (QED) is 0.834. The number of quaternary nitrogens is 1. The summed E-state index contributed by atoms with van der Waals surface area (Å²) in [6, 6.07) is 5.42. The van der Waals surface area contributed by atoms with Gasteiger partial charge in [-0.15, -0.1) is 0 Å². The third-order valence-corrected chi connectivity index (χ3v) is 3.98. The molecule has 1 aromatic carbocycles. The van der Waals surface area contributed by atoms with Crippen LogP contribution in [-0.4, -0.2) is 16.1 Å². The summed E-state index contributed by atoms with van der Waals surface area (Å²) in [5.74, 6) is 0.827. The number of nitrogens with zero attached hydrogens (tertiary/aromatic N) is 2. The minimum atomic E-state index is 0.0184. The molecule has 0 amide bonds. The van der Waals surface area contributed by atoms with Crippen LogP contribution in [0.2, 0.25) is 5.02 Å². The van der Waals surface area contributed by atoms with Crippen LogP contribution in [0.25, 0.3) is 10.9 Å². The summed E-state index contributed by atoms with van der Waals surface area (Å²) in [7, 11) is 0. The second kappa shape index (κ2) is 7.05. The average Bonchev–Trinajstić information content (AvgIpc) is 2.46. The van der Waals surface area contributed by atoms with Gasteiger partial charge in [0.05, 0.1) is 17.4 Å². The Bertz CT molecular complexity index is 681. The van der Waals surface area contributed by atoms with Gasteiger partial charge in [-0.3, -0.25) is 9.36 Å². The Morgan fingerprint density at radius 2 is 2.14 bits per heavy atom. The van der Waals surface area contributed by atoms with Crippen LogP contribution in [0.5, 0.6) is 0 Å². The molecule has 1 heterocycles. The lowest BCUT2D eigenvalue weighted by Gasteiger charge is -2.16. The molecule has 0 bridgehead atoms. The van der Waals surface area contributed by atoms with Crippen LogP contribution in [0.4, 0.5) is 0 Å². The molecule has 4 nitrogen and oxygen atoms in total. The molecule has 2 rings (SSSR count). The maximum atomic E-state index is 12.6. The fraction of sp³-hybridized carbons (Fsp3) is 0.500. The number of benzene rings is 1. The lowest BCUT2D eigenvalue weighted by atomic mass is 10.2. The van der Waals surface area contributed by atoms with Gasteiger partial charge in [-0.1, -0.05) is 24.9 Å². The Labute approximate surface area is 130 Å². The Kier molecular flexibility index (Phi) is 5.37. The van der Waals surface area contributed by atoms with E-state index in [-0.39, 0.29) is 11.6 Å². The van der Waals surface area contributed by atoms with Gasteiger partial charge in [0, 0.05) is 11.6 Å². The standard InChI is InChI=1S/C16H22ClN3O/c1-4-6-9-18-11(3)15-19-14-10-12(17)7-8-13(14)16(21)20(15)5-2/h7-8,10-11,18H,4-6,9H2,1-3H3/p+1/t11-/m1/s1. The van der Waals surface area contributed by atoms with Crippen molar-refractivity contribution in [2.75, 3.05) is 6.54 Å². The molecule has 0 radical (unpaired) electrons. The highest BCUT2D eigenvalue weighted by atomic mass is 35.5. The van der Waals surface area contributed by atoms with Crippen molar-refractivity contribution in [1.82, 2.24) is 9.55 Å². The van der Waals surface area contributed by atoms with Crippen molar-refractivity contribution in [3.8, 4) is 0 Å². The minimum Gasteiger partial charge on any atom is -0.338 e. The zero-order valence-corrected chi connectivity index (χ0v) is 13.7. The third-order valence-electron chi connectivity index (χ3n) is 3.75. The lowest BCUT2D eigenvalue weighted by molar-refractivity contribution is -0.694. The predicted octanol–water partition coefficient (Wildman–Crippen LogP) is 2.49. The Hall–Kier alpha value is -1.39. The first-order valence-electron chi connectivity index (χ1n) is 7.61. The summed E-state index contributed by atoms with van der Waals surface area (Å²) in [4.78, 5) is 17.3. The van der Waals surface area contributed by atoms with Gasteiger partial charge in [-0.2, -0.15) is 0 Å². The molecule has 2 aromatic rings. The van der Waals surface area contributed by atoms with Crippen LogP contribution >= 0.6 is 11.6 Å². The molecule has 0 aliphatic carbocycles. The van der Waals surface area contributed by atoms with Crippen molar-refractivity contribution in [3.05, 3.63) is 39.4 Å². The Morgan fingerprint density at radius 1 is 1.38 bits per heavy atom. The summed E-state index contributed by atoms with van der Waals surface area (Å²) in [5.41, 5.74) is 0.702. The second-order valence-corrected chi connectivity index (χ2v) is 5.78. The Balaban J connectivity index is 2.48. The van der Waals surface area contributed by atoms with E-state index in [0.29, 0.717) is 22.5 Å². The van der Waals surface area contributed by atoms with Crippen LogP contribution < -0.4 is 10.9 Å². The van der Waals surface area contributed by atoms with Crippen molar-refractivity contribution < 1.29 is 5.32 Å². The van der Waals surface area contributed by atoms with Crippen LogP contribution in [-0.2, 0) is 6.54 Å². The van der Waals surface area contributed by atoms with E-state index in [2.05, 4.69) is 19.2 Å². The average molecular weight is 309 g/mol. The first-order valence-corrected chi connectivity index (χ1v) is 7.99. The summed E-state index contributed by atoms with van der Waals surface area (Å²) in [6.07, 6.45) is 2.34. The largest absolute Gasteiger partial charge is 0.338 e. The van der Waals surface area contributed by atoms with Gasteiger partial charge in [-0.25, -0.2) is 4.98 Å². The van der Waals surface area contributed by atoms with Crippen molar-refractivity contribution in [2.24, 2.45) is 0 Å². The topological polar surface area (TPSA) is 51.5 Å². The third kappa shape index (κ3) is 3.44. The van der Waals surface area contributed by atoms with E-state index in [4.69, 9.17) is 16.6 Å². The molecule has 1 aromatic heterocycles. The normalized spacial score (nSPS) is 12.8. The summed E-state index contributed by atoms with van der Waals surface area (Å²) in [5, 5.41) is 3.48. The minimum absolute atomic E-state index is 0.0184. The number of hydrogen-bond donors (Lipinski definition) is 1. The molecule has 114 valence electrons. The maximum absolute atomic E-state index is 12.6.